The van der Waals surface area contributed by atoms with E-state index in [1.807, 2.05) is 0 Å². The van der Waals surface area contributed by atoms with Crippen molar-refractivity contribution in [2.24, 2.45) is 0 Å². The lowest BCUT2D eigenvalue weighted by molar-refractivity contribution is 0.258. The molecule has 0 amide bonds. The van der Waals surface area contributed by atoms with Crippen molar-refractivity contribution >= 4 is 11.0 Å². The first-order chi connectivity index (χ1) is 13.3. The molecule has 0 saturated heterocycles. The molecule has 3 rings (SSSR count). The van der Waals surface area contributed by atoms with Gasteiger partial charge >= 0.3 is 0 Å². The maximum Gasteiger partial charge on any atom is 0.141 e. The van der Waals surface area contributed by atoms with Crippen LogP contribution in [0.1, 0.15) is 46.0 Å². The molecule has 0 saturated carbocycles. The number of hydrogen-bond acceptors (Lipinski definition) is 2. The highest BCUT2D eigenvalue weighted by molar-refractivity contribution is 5.80. The molecule has 0 unspecified atom stereocenters. The fraction of sp³-hybridized carbons (Fsp3) is 0.458. The molecule has 2 aromatic carbocycles. The quantitative estimate of drug-likeness (QED) is 0.417. The molecule has 0 radical (unpaired) electrons. The zero-order valence-electron chi connectivity index (χ0n) is 16.9. The lowest BCUT2D eigenvalue weighted by Gasteiger charge is -2.22. The van der Waals surface area contributed by atoms with Crippen molar-refractivity contribution in [2.75, 3.05) is 19.6 Å². The molecule has 0 fully saturated rings. The highest BCUT2D eigenvalue weighted by Crippen LogP contribution is 2.25. The molecular weight excluding hydrogens is 330 g/mol. The monoisotopic (exact) mass is 363 g/mol. The minimum absolute atomic E-state index is 1.01. The molecule has 0 N–H and O–H groups in total. The van der Waals surface area contributed by atoms with Crippen LogP contribution in [-0.2, 0) is 6.54 Å². The van der Waals surface area contributed by atoms with Gasteiger partial charge in [-0.3, -0.25) is 0 Å². The van der Waals surface area contributed by atoms with Gasteiger partial charge in [0.15, 0.2) is 0 Å². The van der Waals surface area contributed by atoms with Crippen molar-refractivity contribution in [1.82, 2.24) is 14.5 Å². The van der Waals surface area contributed by atoms with Gasteiger partial charge in [0.25, 0.3) is 0 Å². The average Bonchev–Trinajstić information content (AvgIpc) is 3.09. The predicted octanol–water partition coefficient (Wildman–Crippen LogP) is 6.00. The highest BCUT2D eigenvalue weighted by Gasteiger charge is 2.12. The average molecular weight is 364 g/mol. The standard InChI is InChI=1S/C24H33N3/c1-3-5-17-26(18-6-4-2)19-12-20-27-23-16-11-10-15-22(23)25-24(27)21-13-8-7-9-14-21/h7-11,13-16H,3-6,12,17-20H2,1-2H3. The minimum Gasteiger partial charge on any atom is -0.324 e. The van der Waals surface area contributed by atoms with Crippen molar-refractivity contribution in [3.05, 3.63) is 54.6 Å². The van der Waals surface area contributed by atoms with E-state index in [0.29, 0.717) is 0 Å². The van der Waals surface area contributed by atoms with E-state index in [1.54, 1.807) is 0 Å². The van der Waals surface area contributed by atoms with Gasteiger partial charge in [-0.05, 0) is 51.0 Å². The zero-order valence-corrected chi connectivity index (χ0v) is 16.9. The van der Waals surface area contributed by atoms with Crippen molar-refractivity contribution in [3.8, 4) is 11.4 Å². The second-order valence-corrected chi connectivity index (χ2v) is 7.34. The molecule has 1 heterocycles. The number of fused-ring (bicyclic) bond motifs is 1. The fourth-order valence-corrected chi connectivity index (χ4v) is 3.66. The smallest absolute Gasteiger partial charge is 0.141 e. The number of hydrogen-bond donors (Lipinski definition) is 0. The van der Waals surface area contributed by atoms with Crippen LogP contribution in [0.2, 0.25) is 0 Å². The Bertz CT molecular complexity index is 799. The molecule has 0 spiro atoms. The first-order valence-electron chi connectivity index (χ1n) is 10.6. The van der Waals surface area contributed by atoms with Crippen LogP contribution in [0, 0.1) is 0 Å². The number of rotatable bonds is 11. The summed E-state index contributed by atoms with van der Waals surface area (Å²) in [6.07, 6.45) is 6.30. The SMILES string of the molecule is CCCCN(CCCC)CCCn1c(-c2ccccc2)nc2ccccc21. The van der Waals surface area contributed by atoms with Crippen molar-refractivity contribution in [2.45, 2.75) is 52.5 Å². The molecule has 0 atom stereocenters. The van der Waals surface area contributed by atoms with Crippen molar-refractivity contribution in [3.63, 3.8) is 0 Å². The second-order valence-electron chi connectivity index (χ2n) is 7.34. The van der Waals surface area contributed by atoms with E-state index in [2.05, 4.69) is 77.9 Å². The largest absolute Gasteiger partial charge is 0.324 e. The summed E-state index contributed by atoms with van der Waals surface area (Å²) in [7, 11) is 0. The van der Waals surface area contributed by atoms with Crippen LogP contribution in [0.15, 0.2) is 54.6 Å². The summed E-state index contributed by atoms with van der Waals surface area (Å²) in [4.78, 5) is 7.58. The van der Waals surface area contributed by atoms with Gasteiger partial charge in [-0.25, -0.2) is 4.98 Å². The maximum absolute atomic E-state index is 4.93. The molecule has 144 valence electrons. The normalized spacial score (nSPS) is 11.5. The lowest BCUT2D eigenvalue weighted by Crippen LogP contribution is -2.28. The maximum atomic E-state index is 4.93. The van der Waals surface area contributed by atoms with Crippen LogP contribution in [0.25, 0.3) is 22.4 Å². The van der Waals surface area contributed by atoms with Gasteiger partial charge in [0.1, 0.15) is 5.82 Å². The zero-order chi connectivity index (χ0) is 18.9. The van der Waals surface area contributed by atoms with Crippen LogP contribution in [0.4, 0.5) is 0 Å². The third-order valence-electron chi connectivity index (χ3n) is 5.20. The molecule has 27 heavy (non-hydrogen) atoms. The molecule has 0 bridgehead atoms. The molecule has 3 nitrogen and oxygen atoms in total. The summed E-state index contributed by atoms with van der Waals surface area (Å²) in [6.45, 7) is 9.20. The van der Waals surface area contributed by atoms with E-state index in [0.717, 1.165) is 24.3 Å². The summed E-state index contributed by atoms with van der Waals surface area (Å²) in [5, 5.41) is 0. The number of aromatic nitrogens is 2. The molecule has 0 aliphatic heterocycles. The third kappa shape index (κ3) is 5.20. The van der Waals surface area contributed by atoms with Gasteiger partial charge in [0, 0.05) is 12.1 Å². The predicted molar refractivity (Wildman–Crippen MR) is 116 cm³/mol. The fourth-order valence-electron chi connectivity index (χ4n) is 3.66. The molecule has 0 aliphatic carbocycles. The van der Waals surface area contributed by atoms with Crippen molar-refractivity contribution in [1.29, 1.82) is 0 Å². The van der Waals surface area contributed by atoms with Crippen LogP contribution in [0.3, 0.4) is 0 Å². The molecule has 3 heteroatoms. The molecule has 3 aromatic rings. The van der Waals surface area contributed by atoms with Gasteiger partial charge in [0.05, 0.1) is 11.0 Å². The Balaban J connectivity index is 1.75. The Morgan fingerprint density at radius 1 is 0.778 bits per heavy atom. The number of para-hydroxylation sites is 2. The Labute approximate surface area is 164 Å². The summed E-state index contributed by atoms with van der Waals surface area (Å²) in [6, 6.07) is 19.1. The minimum atomic E-state index is 1.01. The number of unbranched alkanes of at least 4 members (excludes halogenated alkanes) is 2. The van der Waals surface area contributed by atoms with E-state index in [1.165, 1.54) is 56.4 Å². The number of benzene rings is 2. The van der Waals surface area contributed by atoms with E-state index in [4.69, 9.17) is 4.98 Å². The molecular formula is C24H33N3. The first-order valence-corrected chi connectivity index (χ1v) is 10.6. The van der Waals surface area contributed by atoms with E-state index in [9.17, 15) is 0 Å². The van der Waals surface area contributed by atoms with Crippen LogP contribution >= 0.6 is 0 Å². The van der Waals surface area contributed by atoms with Gasteiger partial charge in [0.2, 0.25) is 0 Å². The van der Waals surface area contributed by atoms with E-state index < -0.39 is 0 Å². The molecule has 0 aliphatic rings. The lowest BCUT2D eigenvalue weighted by atomic mass is 10.2. The highest BCUT2D eigenvalue weighted by atomic mass is 15.1. The van der Waals surface area contributed by atoms with E-state index in [-0.39, 0.29) is 0 Å². The van der Waals surface area contributed by atoms with Gasteiger partial charge in [-0.15, -0.1) is 0 Å². The summed E-state index contributed by atoms with van der Waals surface area (Å²) >= 11 is 0. The number of nitrogens with zero attached hydrogens (tertiary/aromatic N) is 3. The van der Waals surface area contributed by atoms with Crippen LogP contribution in [-0.4, -0.2) is 34.1 Å². The van der Waals surface area contributed by atoms with Crippen LogP contribution < -0.4 is 0 Å². The topological polar surface area (TPSA) is 21.1 Å². The van der Waals surface area contributed by atoms with Gasteiger partial charge in [-0.2, -0.15) is 0 Å². The Hall–Kier alpha value is -2.13. The summed E-state index contributed by atoms with van der Waals surface area (Å²) in [5.41, 5.74) is 3.53. The Morgan fingerprint density at radius 2 is 1.41 bits per heavy atom. The summed E-state index contributed by atoms with van der Waals surface area (Å²) in [5.74, 6) is 1.09. The van der Waals surface area contributed by atoms with Gasteiger partial charge in [-0.1, -0.05) is 69.2 Å². The van der Waals surface area contributed by atoms with Gasteiger partial charge < -0.3 is 9.47 Å². The number of aryl methyl sites for hydroxylation is 1. The second kappa shape index (κ2) is 10.3. The molecule has 1 aromatic heterocycles. The van der Waals surface area contributed by atoms with Crippen LogP contribution in [0.5, 0.6) is 0 Å². The van der Waals surface area contributed by atoms with Crippen molar-refractivity contribution < 1.29 is 0 Å². The van der Waals surface area contributed by atoms with E-state index >= 15 is 0 Å². The first kappa shape index (κ1) is 19.6. The third-order valence-corrected chi connectivity index (χ3v) is 5.20. The Kier molecular flexibility index (Phi) is 7.46. The summed E-state index contributed by atoms with van der Waals surface area (Å²) < 4.78 is 2.41. The number of imidazole rings is 1. The Morgan fingerprint density at radius 3 is 2.11 bits per heavy atom.